The normalized spacial score (nSPS) is 10.8. The SMILES string of the molecule is CNCc1cnc(C(C)C)nc1N(C)C. The molecule has 1 rings (SSSR count). The maximum atomic E-state index is 4.57. The average Bonchev–Trinajstić information content (AvgIpc) is 2.18. The maximum Gasteiger partial charge on any atom is 0.136 e. The topological polar surface area (TPSA) is 41.1 Å². The molecule has 0 atom stereocenters. The first-order chi connectivity index (χ1) is 7.06. The fourth-order valence-corrected chi connectivity index (χ4v) is 1.39. The summed E-state index contributed by atoms with van der Waals surface area (Å²) < 4.78 is 0. The van der Waals surface area contributed by atoms with E-state index in [-0.39, 0.29) is 0 Å². The molecule has 84 valence electrons. The van der Waals surface area contributed by atoms with Crippen LogP contribution in [0.5, 0.6) is 0 Å². The molecule has 1 aromatic heterocycles. The number of nitrogens with zero attached hydrogens (tertiary/aromatic N) is 3. The van der Waals surface area contributed by atoms with Gasteiger partial charge < -0.3 is 10.2 Å². The van der Waals surface area contributed by atoms with Crippen molar-refractivity contribution in [1.82, 2.24) is 15.3 Å². The van der Waals surface area contributed by atoms with Gasteiger partial charge in [-0.15, -0.1) is 0 Å². The van der Waals surface area contributed by atoms with E-state index in [0.717, 1.165) is 23.8 Å². The summed E-state index contributed by atoms with van der Waals surface area (Å²) in [7, 11) is 5.94. The largest absolute Gasteiger partial charge is 0.362 e. The van der Waals surface area contributed by atoms with Crippen molar-refractivity contribution >= 4 is 5.82 Å². The highest BCUT2D eigenvalue weighted by atomic mass is 15.2. The molecule has 1 aromatic rings. The average molecular weight is 208 g/mol. The molecule has 0 radical (unpaired) electrons. The molecule has 0 fully saturated rings. The summed E-state index contributed by atoms with van der Waals surface area (Å²) in [5.41, 5.74) is 1.13. The smallest absolute Gasteiger partial charge is 0.136 e. The van der Waals surface area contributed by atoms with E-state index in [2.05, 4.69) is 29.1 Å². The molecule has 0 saturated heterocycles. The van der Waals surface area contributed by atoms with E-state index in [1.807, 2.05) is 32.2 Å². The van der Waals surface area contributed by atoms with E-state index in [0.29, 0.717) is 5.92 Å². The molecule has 0 unspecified atom stereocenters. The Morgan fingerprint density at radius 3 is 2.53 bits per heavy atom. The summed E-state index contributed by atoms with van der Waals surface area (Å²) in [6.45, 7) is 5.00. The van der Waals surface area contributed by atoms with Crippen LogP contribution >= 0.6 is 0 Å². The van der Waals surface area contributed by atoms with E-state index in [1.54, 1.807) is 0 Å². The lowest BCUT2D eigenvalue weighted by atomic mass is 10.2. The molecule has 0 amide bonds. The highest BCUT2D eigenvalue weighted by molar-refractivity contribution is 5.44. The van der Waals surface area contributed by atoms with Crippen LogP contribution in [-0.2, 0) is 6.54 Å². The third-order valence-electron chi connectivity index (χ3n) is 2.17. The predicted molar refractivity (Wildman–Crippen MR) is 63.2 cm³/mol. The molecule has 4 nitrogen and oxygen atoms in total. The standard InChI is InChI=1S/C11H20N4/c1-8(2)10-13-7-9(6-12-3)11(14-10)15(4)5/h7-8,12H,6H2,1-5H3. The fourth-order valence-electron chi connectivity index (χ4n) is 1.39. The third kappa shape index (κ3) is 2.89. The van der Waals surface area contributed by atoms with Crippen LogP contribution in [0.3, 0.4) is 0 Å². The van der Waals surface area contributed by atoms with Crippen molar-refractivity contribution in [2.24, 2.45) is 0 Å². The predicted octanol–water partition coefficient (Wildman–Crippen LogP) is 1.39. The van der Waals surface area contributed by atoms with E-state index < -0.39 is 0 Å². The number of hydrogen-bond acceptors (Lipinski definition) is 4. The zero-order valence-corrected chi connectivity index (χ0v) is 10.2. The molecule has 0 spiro atoms. The van der Waals surface area contributed by atoms with Gasteiger partial charge in [-0.3, -0.25) is 0 Å². The van der Waals surface area contributed by atoms with Crippen LogP contribution < -0.4 is 10.2 Å². The Balaban J connectivity index is 3.09. The van der Waals surface area contributed by atoms with E-state index >= 15 is 0 Å². The second-order valence-electron chi connectivity index (χ2n) is 4.16. The number of nitrogens with one attached hydrogen (secondary N) is 1. The van der Waals surface area contributed by atoms with Gasteiger partial charge in [0.15, 0.2) is 0 Å². The van der Waals surface area contributed by atoms with Gasteiger partial charge >= 0.3 is 0 Å². The Labute approximate surface area is 91.7 Å². The first-order valence-electron chi connectivity index (χ1n) is 5.24. The van der Waals surface area contributed by atoms with Crippen molar-refractivity contribution in [3.63, 3.8) is 0 Å². The zero-order chi connectivity index (χ0) is 11.4. The molecule has 1 heterocycles. The minimum atomic E-state index is 0.368. The number of rotatable bonds is 4. The van der Waals surface area contributed by atoms with Crippen molar-refractivity contribution in [2.45, 2.75) is 26.3 Å². The summed E-state index contributed by atoms with van der Waals surface area (Å²) in [5, 5.41) is 3.12. The lowest BCUT2D eigenvalue weighted by Gasteiger charge is -2.17. The Morgan fingerprint density at radius 1 is 1.40 bits per heavy atom. The van der Waals surface area contributed by atoms with Crippen LogP contribution in [0.15, 0.2) is 6.20 Å². The van der Waals surface area contributed by atoms with Crippen LogP contribution in [0.25, 0.3) is 0 Å². The Bertz CT molecular complexity index is 320. The number of aromatic nitrogens is 2. The summed E-state index contributed by atoms with van der Waals surface area (Å²) in [5.74, 6) is 2.27. The van der Waals surface area contributed by atoms with Crippen molar-refractivity contribution in [3.05, 3.63) is 17.6 Å². The molecule has 0 aromatic carbocycles. The van der Waals surface area contributed by atoms with Gasteiger partial charge in [0.2, 0.25) is 0 Å². The van der Waals surface area contributed by atoms with Gasteiger partial charge in [0, 0.05) is 38.3 Å². The van der Waals surface area contributed by atoms with E-state index in [1.165, 1.54) is 0 Å². The van der Waals surface area contributed by atoms with Crippen molar-refractivity contribution in [2.75, 3.05) is 26.0 Å². The molecule has 15 heavy (non-hydrogen) atoms. The molecule has 0 bridgehead atoms. The van der Waals surface area contributed by atoms with Gasteiger partial charge in [0.1, 0.15) is 11.6 Å². The molecular formula is C11H20N4. The molecule has 4 heteroatoms. The minimum absolute atomic E-state index is 0.368. The Kier molecular flexibility index (Phi) is 4.03. The maximum absolute atomic E-state index is 4.57. The highest BCUT2D eigenvalue weighted by Gasteiger charge is 2.10. The molecule has 0 aliphatic rings. The quantitative estimate of drug-likeness (QED) is 0.811. The second kappa shape index (κ2) is 5.07. The number of hydrogen-bond donors (Lipinski definition) is 1. The van der Waals surface area contributed by atoms with Crippen LogP contribution in [0.1, 0.15) is 31.2 Å². The first kappa shape index (κ1) is 11.9. The fraction of sp³-hybridized carbons (Fsp3) is 0.636. The lowest BCUT2D eigenvalue weighted by molar-refractivity contribution is 0.745. The van der Waals surface area contributed by atoms with E-state index in [4.69, 9.17) is 0 Å². The second-order valence-corrected chi connectivity index (χ2v) is 4.16. The summed E-state index contributed by atoms with van der Waals surface area (Å²) in [6.07, 6.45) is 1.91. The third-order valence-corrected chi connectivity index (χ3v) is 2.17. The zero-order valence-electron chi connectivity index (χ0n) is 10.2. The van der Waals surface area contributed by atoms with Gasteiger partial charge in [-0.1, -0.05) is 13.8 Å². The summed E-state index contributed by atoms with van der Waals surface area (Å²) in [6, 6.07) is 0. The van der Waals surface area contributed by atoms with Gasteiger partial charge in [-0.25, -0.2) is 9.97 Å². The summed E-state index contributed by atoms with van der Waals surface area (Å²) in [4.78, 5) is 11.0. The molecule has 0 aliphatic heterocycles. The van der Waals surface area contributed by atoms with Crippen LogP contribution in [0.2, 0.25) is 0 Å². The minimum Gasteiger partial charge on any atom is -0.362 e. The molecule has 1 N–H and O–H groups in total. The molecule has 0 aliphatic carbocycles. The van der Waals surface area contributed by atoms with Crippen molar-refractivity contribution in [1.29, 1.82) is 0 Å². The summed E-state index contributed by atoms with van der Waals surface area (Å²) >= 11 is 0. The van der Waals surface area contributed by atoms with Gasteiger partial charge in [0.25, 0.3) is 0 Å². The van der Waals surface area contributed by atoms with Crippen LogP contribution in [0, 0.1) is 0 Å². The first-order valence-corrected chi connectivity index (χ1v) is 5.24. The van der Waals surface area contributed by atoms with Gasteiger partial charge in [0.05, 0.1) is 0 Å². The van der Waals surface area contributed by atoms with Gasteiger partial charge in [-0.2, -0.15) is 0 Å². The van der Waals surface area contributed by atoms with E-state index in [9.17, 15) is 0 Å². The lowest BCUT2D eigenvalue weighted by Crippen LogP contribution is -2.18. The highest BCUT2D eigenvalue weighted by Crippen LogP contribution is 2.18. The van der Waals surface area contributed by atoms with Crippen LogP contribution in [0.4, 0.5) is 5.82 Å². The van der Waals surface area contributed by atoms with Crippen LogP contribution in [-0.4, -0.2) is 31.1 Å². The van der Waals surface area contributed by atoms with Gasteiger partial charge in [-0.05, 0) is 7.05 Å². The number of anilines is 1. The van der Waals surface area contributed by atoms with Crippen molar-refractivity contribution < 1.29 is 0 Å². The van der Waals surface area contributed by atoms with Crippen molar-refractivity contribution in [3.8, 4) is 0 Å². The monoisotopic (exact) mass is 208 g/mol. The molecule has 0 saturated carbocycles. The Morgan fingerprint density at radius 2 is 2.07 bits per heavy atom. The molecular weight excluding hydrogens is 188 g/mol. The Hall–Kier alpha value is -1.16.